The van der Waals surface area contributed by atoms with E-state index in [1.807, 2.05) is 24.5 Å². The molecule has 2 atom stereocenters. The van der Waals surface area contributed by atoms with Crippen LogP contribution < -0.4 is 15.1 Å². The summed E-state index contributed by atoms with van der Waals surface area (Å²) in [5, 5.41) is 5.43. The zero-order valence-corrected chi connectivity index (χ0v) is 22.3. The molecule has 6 heterocycles. The molecule has 0 radical (unpaired) electrons. The molecule has 0 spiro atoms. The van der Waals surface area contributed by atoms with Crippen molar-refractivity contribution in [1.29, 1.82) is 0 Å². The molecule has 1 N–H and O–H groups in total. The zero-order valence-electron chi connectivity index (χ0n) is 21.5. The first kappa shape index (κ1) is 24.3. The van der Waals surface area contributed by atoms with Gasteiger partial charge in [-0.1, -0.05) is 13.8 Å². The molecular formula is C26H33N7O3S. The number of fused-ring (bicyclic) bond motifs is 2. The van der Waals surface area contributed by atoms with E-state index >= 15 is 0 Å². The van der Waals surface area contributed by atoms with E-state index in [0.717, 1.165) is 54.3 Å². The third-order valence-corrected chi connectivity index (χ3v) is 8.70. The lowest BCUT2D eigenvalue weighted by molar-refractivity contribution is 0.179. The van der Waals surface area contributed by atoms with Crippen LogP contribution in [0.4, 0.5) is 23.3 Å². The summed E-state index contributed by atoms with van der Waals surface area (Å²) in [7, 11) is -2.98. The van der Waals surface area contributed by atoms with Gasteiger partial charge in [0.15, 0.2) is 0 Å². The molecule has 3 aliphatic rings. The van der Waals surface area contributed by atoms with Crippen LogP contribution in [0.3, 0.4) is 0 Å². The normalized spacial score (nSPS) is 22.1. The molecule has 10 nitrogen and oxygen atoms in total. The van der Waals surface area contributed by atoms with Crippen molar-refractivity contribution in [3.63, 3.8) is 0 Å². The number of hydrogen-bond acceptors (Lipinski definition) is 10. The molecule has 3 aromatic rings. The van der Waals surface area contributed by atoms with Crippen LogP contribution >= 0.6 is 0 Å². The van der Waals surface area contributed by atoms with Gasteiger partial charge in [-0.05, 0) is 24.5 Å². The summed E-state index contributed by atoms with van der Waals surface area (Å²) in [6.07, 6.45) is 7.97. The molecule has 0 aliphatic carbocycles. The number of pyridine rings is 2. The van der Waals surface area contributed by atoms with Crippen molar-refractivity contribution in [2.24, 2.45) is 11.8 Å². The standard InChI is InChI=1S/C26H33N7O3S/c1-16(2)25-19-8-24(28-9-20(19)21(10-29-25)32-11-17(12-32)15-37(3,34)35)30-23-4-6-27-26(31-23)33-7-5-18-13-36-14-22(18)33/h4,6,8-10,16-18,22H,5,7,11-15H2,1-3H3,(H,27,28,30,31)/t18-,22+/m0/s1. The second kappa shape index (κ2) is 9.36. The maximum absolute atomic E-state index is 11.7. The predicted molar refractivity (Wildman–Crippen MR) is 144 cm³/mol. The van der Waals surface area contributed by atoms with Crippen LogP contribution in [-0.4, -0.2) is 79.3 Å². The monoisotopic (exact) mass is 523 g/mol. The molecule has 3 saturated heterocycles. The largest absolute Gasteiger partial charge is 0.379 e. The van der Waals surface area contributed by atoms with Crippen molar-refractivity contribution in [1.82, 2.24) is 19.9 Å². The molecule has 0 bridgehead atoms. The van der Waals surface area contributed by atoms with Crippen LogP contribution in [0.25, 0.3) is 10.8 Å². The fourth-order valence-electron chi connectivity index (χ4n) is 5.84. The Balaban J connectivity index is 1.26. The average molecular weight is 524 g/mol. The van der Waals surface area contributed by atoms with Gasteiger partial charge in [-0.25, -0.2) is 18.4 Å². The molecule has 6 rings (SSSR count). The first-order valence-electron chi connectivity index (χ1n) is 12.9. The number of anilines is 4. The molecule has 37 heavy (non-hydrogen) atoms. The van der Waals surface area contributed by atoms with Crippen LogP contribution in [0.2, 0.25) is 0 Å². The van der Waals surface area contributed by atoms with Gasteiger partial charge in [0.1, 0.15) is 21.5 Å². The van der Waals surface area contributed by atoms with E-state index in [9.17, 15) is 8.42 Å². The maximum atomic E-state index is 11.7. The Hall–Kier alpha value is -3.05. The molecule has 3 aromatic heterocycles. The summed E-state index contributed by atoms with van der Waals surface area (Å²) in [5.74, 6) is 3.28. The highest BCUT2D eigenvalue weighted by molar-refractivity contribution is 7.90. The summed E-state index contributed by atoms with van der Waals surface area (Å²) >= 11 is 0. The number of ether oxygens (including phenoxy) is 1. The number of nitrogens with one attached hydrogen (secondary N) is 1. The van der Waals surface area contributed by atoms with Gasteiger partial charge in [0.2, 0.25) is 5.95 Å². The second-order valence-corrected chi connectivity index (χ2v) is 13.1. The summed E-state index contributed by atoms with van der Waals surface area (Å²) < 4.78 is 29.0. The molecule has 0 aromatic carbocycles. The van der Waals surface area contributed by atoms with Crippen molar-refractivity contribution < 1.29 is 13.2 Å². The molecular weight excluding hydrogens is 490 g/mol. The van der Waals surface area contributed by atoms with Crippen molar-refractivity contribution in [3.05, 3.63) is 36.4 Å². The molecule has 3 aliphatic heterocycles. The van der Waals surface area contributed by atoms with Crippen molar-refractivity contribution in [2.45, 2.75) is 32.2 Å². The third kappa shape index (κ3) is 4.82. The first-order chi connectivity index (χ1) is 17.7. The van der Waals surface area contributed by atoms with E-state index in [1.165, 1.54) is 6.26 Å². The van der Waals surface area contributed by atoms with Crippen molar-refractivity contribution in [2.75, 3.05) is 60.0 Å². The predicted octanol–water partition coefficient (Wildman–Crippen LogP) is 2.99. The third-order valence-electron chi connectivity index (χ3n) is 7.63. The second-order valence-electron chi connectivity index (χ2n) is 10.9. The molecule has 196 valence electrons. The lowest BCUT2D eigenvalue weighted by atomic mass is 9.98. The summed E-state index contributed by atoms with van der Waals surface area (Å²) in [6.45, 7) is 8.18. The Labute approximate surface area is 217 Å². The van der Waals surface area contributed by atoms with E-state index in [2.05, 4.69) is 33.9 Å². The van der Waals surface area contributed by atoms with E-state index < -0.39 is 9.84 Å². The van der Waals surface area contributed by atoms with Gasteiger partial charge in [-0.15, -0.1) is 0 Å². The summed E-state index contributed by atoms with van der Waals surface area (Å²) in [4.78, 5) is 23.3. The Kier molecular flexibility index (Phi) is 6.15. The number of hydrogen-bond donors (Lipinski definition) is 1. The van der Waals surface area contributed by atoms with E-state index in [0.29, 0.717) is 36.7 Å². The SMILES string of the molecule is CC(C)c1ncc(N2CC(CS(C)(=O)=O)C2)c2cnc(Nc3ccnc(N4CC[C@H]5COC[C@H]54)n3)cc12. The minimum absolute atomic E-state index is 0.150. The first-order valence-corrected chi connectivity index (χ1v) is 15.0. The highest BCUT2D eigenvalue weighted by Crippen LogP contribution is 2.36. The maximum Gasteiger partial charge on any atom is 0.227 e. The number of aromatic nitrogens is 4. The number of nitrogens with zero attached hydrogens (tertiary/aromatic N) is 6. The molecule has 0 unspecified atom stereocenters. The zero-order chi connectivity index (χ0) is 25.7. The Morgan fingerprint density at radius 1 is 1.11 bits per heavy atom. The van der Waals surface area contributed by atoms with Crippen LogP contribution in [0.15, 0.2) is 30.7 Å². The van der Waals surface area contributed by atoms with Gasteiger partial charge in [-0.2, -0.15) is 4.98 Å². The van der Waals surface area contributed by atoms with Gasteiger partial charge in [-0.3, -0.25) is 4.98 Å². The lowest BCUT2D eigenvalue weighted by Crippen LogP contribution is -2.49. The molecule has 3 fully saturated rings. The van der Waals surface area contributed by atoms with Gasteiger partial charge in [0, 0.05) is 60.9 Å². The quantitative estimate of drug-likeness (QED) is 0.496. The molecule has 11 heteroatoms. The van der Waals surface area contributed by atoms with Crippen LogP contribution in [0, 0.1) is 11.8 Å². The van der Waals surface area contributed by atoms with Crippen molar-refractivity contribution >= 4 is 43.9 Å². The van der Waals surface area contributed by atoms with Gasteiger partial charge < -0.3 is 19.9 Å². The fraction of sp³-hybridized carbons (Fsp3) is 0.538. The van der Waals surface area contributed by atoms with Crippen molar-refractivity contribution in [3.8, 4) is 0 Å². The Morgan fingerprint density at radius 3 is 2.73 bits per heavy atom. The summed E-state index contributed by atoms with van der Waals surface area (Å²) in [5.41, 5.74) is 2.00. The topological polar surface area (TPSA) is 113 Å². The fourth-order valence-corrected chi connectivity index (χ4v) is 6.90. The van der Waals surface area contributed by atoms with Crippen LogP contribution in [0.5, 0.6) is 0 Å². The highest BCUT2D eigenvalue weighted by Gasteiger charge is 2.39. The number of rotatable bonds is 7. The lowest BCUT2D eigenvalue weighted by Gasteiger charge is -2.41. The summed E-state index contributed by atoms with van der Waals surface area (Å²) in [6, 6.07) is 4.24. The van der Waals surface area contributed by atoms with Gasteiger partial charge in [0.25, 0.3) is 0 Å². The Morgan fingerprint density at radius 2 is 1.95 bits per heavy atom. The van der Waals surface area contributed by atoms with Gasteiger partial charge >= 0.3 is 0 Å². The minimum atomic E-state index is -2.98. The molecule has 0 saturated carbocycles. The van der Waals surface area contributed by atoms with E-state index in [4.69, 9.17) is 19.7 Å². The highest BCUT2D eigenvalue weighted by atomic mass is 32.2. The Bertz CT molecular complexity index is 1420. The molecule has 0 amide bonds. The smallest absolute Gasteiger partial charge is 0.227 e. The van der Waals surface area contributed by atoms with Gasteiger partial charge in [0.05, 0.1) is 42.6 Å². The van der Waals surface area contributed by atoms with Crippen LogP contribution in [0.1, 0.15) is 31.9 Å². The average Bonchev–Trinajstić information content (AvgIpc) is 3.44. The minimum Gasteiger partial charge on any atom is -0.379 e. The number of sulfone groups is 1. The van der Waals surface area contributed by atoms with E-state index in [-0.39, 0.29) is 17.6 Å². The van der Waals surface area contributed by atoms with Crippen LogP contribution in [-0.2, 0) is 14.6 Å². The van der Waals surface area contributed by atoms with E-state index in [1.54, 1.807) is 6.20 Å².